The SMILES string of the molecule is Nc1cccc2cc(C(=O)NCCCC(F)(F)F)[nH]c12. The Kier molecular flexibility index (Phi) is 3.87. The van der Waals surface area contributed by atoms with Gasteiger partial charge in [-0.3, -0.25) is 4.79 Å². The number of fused-ring (bicyclic) bond motifs is 1. The van der Waals surface area contributed by atoms with Crippen LogP contribution in [0.5, 0.6) is 0 Å². The van der Waals surface area contributed by atoms with Gasteiger partial charge in [0.1, 0.15) is 5.69 Å². The molecule has 0 spiro atoms. The summed E-state index contributed by atoms with van der Waals surface area (Å²) in [5, 5.41) is 3.22. The average molecular weight is 285 g/mol. The van der Waals surface area contributed by atoms with Gasteiger partial charge in [0.05, 0.1) is 11.2 Å². The molecule has 1 amide bonds. The molecule has 0 bridgehead atoms. The molecule has 1 aromatic carbocycles. The quantitative estimate of drug-likeness (QED) is 0.597. The van der Waals surface area contributed by atoms with Gasteiger partial charge in [-0.15, -0.1) is 0 Å². The zero-order valence-electron chi connectivity index (χ0n) is 10.6. The molecule has 7 heteroatoms. The summed E-state index contributed by atoms with van der Waals surface area (Å²) in [6.45, 7) is -0.0246. The van der Waals surface area contributed by atoms with Crippen molar-refractivity contribution >= 4 is 22.5 Å². The van der Waals surface area contributed by atoms with Gasteiger partial charge in [0, 0.05) is 18.4 Å². The van der Waals surface area contributed by atoms with Gasteiger partial charge < -0.3 is 16.0 Å². The molecule has 0 atom stereocenters. The van der Waals surface area contributed by atoms with Crippen molar-refractivity contribution in [2.75, 3.05) is 12.3 Å². The Morgan fingerprint density at radius 1 is 1.35 bits per heavy atom. The molecule has 108 valence electrons. The number of rotatable bonds is 4. The van der Waals surface area contributed by atoms with Crippen LogP contribution in [0.1, 0.15) is 23.3 Å². The van der Waals surface area contributed by atoms with Crippen LogP contribution >= 0.6 is 0 Å². The summed E-state index contributed by atoms with van der Waals surface area (Å²) in [6, 6.07) is 6.87. The Hall–Kier alpha value is -2.18. The molecule has 1 aromatic heterocycles. The fourth-order valence-electron chi connectivity index (χ4n) is 1.89. The lowest BCUT2D eigenvalue weighted by Crippen LogP contribution is -2.25. The van der Waals surface area contributed by atoms with Crippen LogP contribution in [0.2, 0.25) is 0 Å². The predicted octanol–water partition coefficient (Wildman–Crippen LogP) is 2.82. The number of para-hydroxylation sites is 1. The van der Waals surface area contributed by atoms with Crippen LogP contribution < -0.4 is 11.1 Å². The summed E-state index contributed by atoms with van der Waals surface area (Å²) < 4.78 is 35.9. The normalized spacial score (nSPS) is 11.8. The van der Waals surface area contributed by atoms with Crippen molar-refractivity contribution in [3.63, 3.8) is 0 Å². The standard InChI is InChI=1S/C13H14F3N3O/c14-13(15,16)5-2-6-18-12(20)10-7-8-3-1-4-9(17)11(8)19-10/h1,3-4,7,19H,2,5-6,17H2,(H,18,20). The number of aromatic nitrogens is 1. The van der Waals surface area contributed by atoms with Crippen LogP contribution in [0.4, 0.5) is 18.9 Å². The molecule has 0 saturated heterocycles. The van der Waals surface area contributed by atoms with E-state index in [1.165, 1.54) is 0 Å². The van der Waals surface area contributed by atoms with E-state index < -0.39 is 18.5 Å². The highest BCUT2D eigenvalue weighted by atomic mass is 19.4. The first-order valence-electron chi connectivity index (χ1n) is 6.09. The van der Waals surface area contributed by atoms with Gasteiger partial charge in [-0.1, -0.05) is 12.1 Å². The number of aromatic amines is 1. The molecule has 0 radical (unpaired) electrons. The van der Waals surface area contributed by atoms with Gasteiger partial charge in [0.25, 0.3) is 5.91 Å². The van der Waals surface area contributed by atoms with E-state index in [2.05, 4.69) is 10.3 Å². The Bertz CT molecular complexity index is 619. The fourth-order valence-corrected chi connectivity index (χ4v) is 1.89. The average Bonchev–Trinajstić information content (AvgIpc) is 2.79. The third-order valence-corrected chi connectivity index (χ3v) is 2.86. The number of nitrogen functional groups attached to an aromatic ring is 1. The number of H-pyrrole nitrogens is 1. The first kappa shape index (κ1) is 14.2. The number of halogens is 3. The number of nitrogens with one attached hydrogen (secondary N) is 2. The Balaban J connectivity index is 1.96. The van der Waals surface area contributed by atoms with Crippen LogP contribution in [-0.4, -0.2) is 23.6 Å². The van der Waals surface area contributed by atoms with Crippen molar-refractivity contribution in [3.05, 3.63) is 30.0 Å². The maximum Gasteiger partial charge on any atom is 0.389 e. The van der Waals surface area contributed by atoms with E-state index in [-0.39, 0.29) is 18.7 Å². The van der Waals surface area contributed by atoms with E-state index in [0.717, 1.165) is 5.39 Å². The number of carbonyl (C=O) groups excluding carboxylic acids is 1. The first-order chi connectivity index (χ1) is 9.37. The van der Waals surface area contributed by atoms with Crippen LogP contribution in [-0.2, 0) is 0 Å². The molecule has 2 aromatic rings. The first-order valence-corrected chi connectivity index (χ1v) is 6.09. The van der Waals surface area contributed by atoms with Crippen molar-refractivity contribution in [1.82, 2.24) is 10.3 Å². The minimum atomic E-state index is -4.19. The molecule has 0 aliphatic carbocycles. The summed E-state index contributed by atoms with van der Waals surface area (Å²) in [4.78, 5) is 14.6. The molecule has 1 heterocycles. The number of nitrogens with two attached hydrogens (primary N) is 1. The van der Waals surface area contributed by atoms with E-state index in [4.69, 9.17) is 5.73 Å². The molecule has 2 rings (SSSR count). The van der Waals surface area contributed by atoms with Gasteiger partial charge in [-0.25, -0.2) is 0 Å². The third kappa shape index (κ3) is 3.43. The molecule has 4 nitrogen and oxygen atoms in total. The Morgan fingerprint density at radius 3 is 2.75 bits per heavy atom. The lowest BCUT2D eigenvalue weighted by atomic mass is 10.2. The van der Waals surface area contributed by atoms with Crippen molar-refractivity contribution in [2.45, 2.75) is 19.0 Å². The highest BCUT2D eigenvalue weighted by Gasteiger charge is 2.26. The van der Waals surface area contributed by atoms with Gasteiger partial charge >= 0.3 is 6.18 Å². The number of hydrogen-bond donors (Lipinski definition) is 3. The monoisotopic (exact) mass is 285 g/mol. The third-order valence-electron chi connectivity index (χ3n) is 2.86. The van der Waals surface area contributed by atoms with Crippen molar-refractivity contribution in [2.24, 2.45) is 0 Å². The van der Waals surface area contributed by atoms with E-state index in [9.17, 15) is 18.0 Å². The summed E-state index contributed by atoms with van der Waals surface area (Å²) in [7, 11) is 0. The van der Waals surface area contributed by atoms with Crippen molar-refractivity contribution < 1.29 is 18.0 Å². The summed E-state index contributed by atoms with van der Waals surface area (Å²) in [5.41, 5.74) is 7.19. The molecule has 4 N–H and O–H groups in total. The Labute approximate surface area is 113 Å². The lowest BCUT2D eigenvalue weighted by Gasteiger charge is -2.06. The highest BCUT2D eigenvalue weighted by molar-refractivity contribution is 6.00. The van der Waals surface area contributed by atoms with Gasteiger partial charge in [-0.2, -0.15) is 13.2 Å². The molecule has 0 aliphatic heterocycles. The highest BCUT2D eigenvalue weighted by Crippen LogP contribution is 2.22. The second-order valence-electron chi connectivity index (χ2n) is 4.47. The Morgan fingerprint density at radius 2 is 2.10 bits per heavy atom. The molecule has 0 saturated carbocycles. The molecule has 0 unspecified atom stereocenters. The second-order valence-corrected chi connectivity index (χ2v) is 4.47. The molecule has 0 aliphatic rings. The number of amides is 1. The van der Waals surface area contributed by atoms with Crippen LogP contribution in [0.25, 0.3) is 10.9 Å². The number of alkyl halides is 3. The number of hydrogen-bond acceptors (Lipinski definition) is 2. The topological polar surface area (TPSA) is 70.9 Å². The minimum Gasteiger partial charge on any atom is -0.397 e. The van der Waals surface area contributed by atoms with Gasteiger partial charge in [-0.05, 0) is 18.6 Å². The largest absolute Gasteiger partial charge is 0.397 e. The second kappa shape index (κ2) is 5.44. The van der Waals surface area contributed by atoms with Crippen LogP contribution in [0.3, 0.4) is 0 Å². The van der Waals surface area contributed by atoms with E-state index in [1.54, 1.807) is 24.3 Å². The molecular formula is C13H14F3N3O. The number of carbonyl (C=O) groups is 1. The predicted molar refractivity (Wildman–Crippen MR) is 70.3 cm³/mol. The van der Waals surface area contributed by atoms with Gasteiger partial charge in [0.15, 0.2) is 0 Å². The summed E-state index contributed by atoms with van der Waals surface area (Å²) in [6.07, 6.45) is -5.25. The molecule has 20 heavy (non-hydrogen) atoms. The van der Waals surface area contributed by atoms with Crippen LogP contribution in [0, 0.1) is 0 Å². The van der Waals surface area contributed by atoms with Crippen molar-refractivity contribution in [3.8, 4) is 0 Å². The number of benzene rings is 1. The van der Waals surface area contributed by atoms with Crippen molar-refractivity contribution in [1.29, 1.82) is 0 Å². The maximum atomic E-state index is 12.0. The molecular weight excluding hydrogens is 271 g/mol. The molecule has 0 fully saturated rings. The van der Waals surface area contributed by atoms with E-state index in [1.807, 2.05) is 0 Å². The summed E-state index contributed by atoms with van der Waals surface area (Å²) in [5.74, 6) is -0.442. The van der Waals surface area contributed by atoms with E-state index in [0.29, 0.717) is 11.2 Å². The fraction of sp³-hybridized carbons (Fsp3) is 0.308. The summed E-state index contributed by atoms with van der Waals surface area (Å²) >= 11 is 0. The zero-order valence-corrected chi connectivity index (χ0v) is 10.6. The van der Waals surface area contributed by atoms with E-state index >= 15 is 0 Å². The zero-order chi connectivity index (χ0) is 14.8. The smallest absolute Gasteiger partial charge is 0.389 e. The maximum absolute atomic E-state index is 12.0. The van der Waals surface area contributed by atoms with Crippen LogP contribution in [0.15, 0.2) is 24.3 Å². The van der Waals surface area contributed by atoms with Gasteiger partial charge in [0.2, 0.25) is 0 Å². The minimum absolute atomic E-state index is 0.0246. The number of anilines is 1. The lowest BCUT2D eigenvalue weighted by molar-refractivity contribution is -0.135.